The molecule has 2 N–H and O–H groups in total. The Kier molecular flexibility index (Phi) is 5.23. The summed E-state index contributed by atoms with van der Waals surface area (Å²) in [6, 6.07) is 7.72. The molecule has 0 bridgehead atoms. The standard InChI is InChI=1S/C13H17ClN2OS/c14-11-5-3-10(4-6-11)8-15-13(18)16-9-12-2-1-7-17-12/h3-6,12H,1-2,7-9H2,(H2,15,16,18)/t12-/m1/s1. The van der Waals surface area contributed by atoms with E-state index in [9.17, 15) is 0 Å². The smallest absolute Gasteiger partial charge is 0.166 e. The molecule has 1 atom stereocenters. The Hall–Kier alpha value is -0.840. The lowest BCUT2D eigenvalue weighted by atomic mass is 10.2. The number of benzene rings is 1. The minimum Gasteiger partial charge on any atom is -0.376 e. The Bertz CT molecular complexity index is 390. The summed E-state index contributed by atoms with van der Waals surface area (Å²) < 4.78 is 5.51. The van der Waals surface area contributed by atoms with Crippen molar-refractivity contribution in [2.24, 2.45) is 0 Å². The molecule has 18 heavy (non-hydrogen) atoms. The molecule has 0 aliphatic carbocycles. The molecule has 0 amide bonds. The highest BCUT2D eigenvalue weighted by Gasteiger charge is 2.14. The average Bonchev–Trinajstić information content (AvgIpc) is 2.89. The highest BCUT2D eigenvalue weighted by Crippen LogP contribution is 2.10. The average molecular weight is 285 g/mol. The Morgan fingerprint density at radius 2 is 2.11 bits per heavy atom. The third-order valence-electron chi connectivity index (χ3n) is 2.88. The molecule has 0 aromatic heterocycles. The van der Waals surface area contributed by atoms with Crippen LogP contribution in [0.5, 0.6) is 0 Å². The van der Waals surface area contributed by atoms with Crippen LogP contribution in [0.3, 0.4) is 0 Å². The van der Waals surface area contributed by atoms with Crippen LogP contribution in [0.4, 0.5) is 0 Å². The van der Waals surface area contributed by atoms with Crippen LogP contribution in [-0.2, 0) is 11.3 Å². The van der Waals surface area contributed by atoms with Crippen molar-refractivity contribution in [2.75, 3.05) is 13.2 Å². The molecule has 5 heteroatoms. The summed E-state index contributed by atoms with van der Waals surface area (Å²) in [5, 5.41) is 7.75. The van der Waals surface area contributed by atoms with Crippen LogP contribution >= 0.6 is 23.8 Å². The lowest BCUT2D eigenvalue weighted by Crippen LogP contribution is -2.39. The minimum atomic E-state index is 0.306. The van der Waals surface area contributed by atoms with Crippen LogP contribution in [0.25, 0.3) is 0 Å². The molecular weight excluding hydrogens is 268 g/mol. The van der Waals surface area contributed by atoms with E-state index in [0.717, 1.165) is 36.6 Å². The lowest BCUT2D eigenvalue weighted by Gasteiger charge is -2.14. The van der Waals surface area contributed by atoms with Crippen molar-refractivity contribution >= 4 is 28.9 Å². The van der Waals surface area contributed by atoms with Gasteiger partial charge in [-0.2, -0.15) is 0 Å². The zero-order valence-corrected chi connectivity index (χ0v) is 11.7. The number of ether oxygens (including phenoxy) is 1. The van der Waals surface area contributed by atoms with E-state index in [1.165, 1.54) is 0 Å². The molecular formula is C13H17ClN2OS. The van der Waals surface area contributed by atoms with Gasteiger partial charge in [-0.3, -0.25) is 0 Å². The molecule has 1 fully saturated rings. The van der Waals surface area contributed by atoms with Gasteiger partial charge in [-0.05, 0) is 42.8 Å². The number of nitrogens with one attached hydrogen (secondary N) is 2. The van der Waals surface area contributed by atoms with Crippen molar-refractivity contribution in [1.82, 2.24) is 10.6 Å². The summed E-state index contributed by atoms with van der Waals surface area (Å²) in [4.78, 5) is 0. The Balaban J connectivity index is 1.66. The number of rotatable bonds is 4. The molecule has 1 aromatic carbocycles. The fraction of sp³-hybridized carbons (Fsp3) is 0.462. The van der Waals surface area contributed by atoms with E-state index in [0.29, 0.717) is 17.8 Å². The van der Waals surface area contributed by atoms with Gasteiger partial charge in [-0.15, -0.1) is 0 Å². The van der Waals surface area contributed by atoms with E-state index in [4.69, 9.17) is 28.6 Å². The maximum absolute atomic E-state index is 5.82. The van der Waals surface area contributed by atoms with Gasteiger partial charge in [0.2, 0.25) is 0 Å². The molecule has 0 saturated carbocycles. The van der Waals surface area contributed by atoms with E-state index >= 15 is 0 Å². The van der Waals surface area contributed by atoms with Crippen molar-refractivity contribution in [1.29, 1.82) is 0 Å². The summed E-state index contributed by atoms with van der Waals surface area (Å²) in [7, 11) is 0. The third-order valence-corrected chi connectivity index (χ3v) is 3.42. The maximum Gasteiger partial charge on any atom is 0.166 e. The summed E-state index contributed by atoms with van der Waals surface area (Å²) in [5.41, 5.74) is 1.15. The van der Waals surface area contributed by atoms with Gasteiger partial charge in [0, 0.05) is 24.7 Å². The summed E-state index contributed by atoms with van der Waals surface area (Å²) in [6.45, 7) is 2.36. The van der Waals surface area contributed by atoms with Gasteiger partial charge in [0.1, 0.15) is 0 Å². The maximum atomic E-state index is 5.82. The largest absolute Gasteiger partial charge is 0.376 e. The van der Waals surface area contributed by atoms with Gasteiger partial charge < -0.3 is 15.4 Å². The van der Waals surface area contributed by atoms with Crippen molar-refractivity contribution in [3.05, 3.63) is 34.9 Å². The van der Waals surface area contributed by atoms with E-state index in [1.807, 2.05) is 24.3 Å². The molecule has 2 rings (SSSR count). The Morgan fingerprint density at radius 1 is 1.33 bits per heavy atom. The first-order chi connectivity index (χ1) is 8.74. The molecule has 0 radical (unpaired) electrons. The molecule has 1 aliphatic heterocycles. The van der Waals surface area contributed by atoms with E-state index in [1.54, 1.807) is 0 Å². The second-order valence-electron chi connectivity index (χ2n) is 4.33. The second-order valence-corrected chi connectivity index (χ2v) is 5.17. The lowest BCUT2D eigenvalue weighted by molar-refractivity contribution is 0.114. The first-order valence-corrected chi connectivity index (χ1v) is 6.90. The topological polar surface area (TPSA) is 33.3 Å². The van der Waals surface area contributed by atoms with Gasteiger partial charge in [0.05, 0.1) is 6.10 Å². The molecule has 98 valence electrons. The summed E-state index contributed by atoms with van der Waals surface area (Å²) in [5.74, 6) is 0. The molecule has 1 aromatic rings. The Labute approximate surface area is 118 Å². The van der Waals surface area contributed by atoms with Crippen LogP contribution in [-0.4, -0.2) is 24.4 Å². The van der Waals surface area contributed by atoms with Gasteiger partial charge in [-0.25, -0.2) is 0 Å². The van der Waals surface area contributed by atoms with Crippen LogP contribution < -0.4 is 10.6 Å². The zero-order chi connectivity index (χ0) is 12.8. The normalized spacial score (nSPS) is 18.6. The molecule has 3 nitrogen and oxygen atoms in total. The molecule has 0 spiro atoms. The van der Waals surface area contributed by atoms with Gasteiger partial charge in [-0.1, -0.05) is 23.7 Å². The Morgan fingerprint density at radius 3 is 2.78 bits per heavy atom. The summed E-state index contributed by atoms with van der Waals surface area (Å²) in [6.07, 6.45) is 2.57. The van der Waals surface area contributed by atoms with Crippen LogP contribution in [0.2, 0.25) is 5.02 Å². The first kappa shape index (κ1) is 13.6. The SMILES string of the molecule is S=C(NCc1ccc(Cl)cc1)NC[C@H]1CCCO1. The highest BCUT2D eigenvalue weighted by atomic mass is 35.5. The fourth-order valence-electron chi connectivity index (χ4n) is 1.86. The highest BCUT2D eigenvalue weighted by molar-refractivity contribution is 7.80. The van der Waals surface area contributed by atoms with Gasteiger partial charge in [0.25, 0.3) is 0 Å². The zero-order valence-electron chi connectivity index (χ0n) is 10.1. The minimum absolute atomic E-state index is 0.306. The third kappa shape index (κ3) is 4.44. The van der Waals surface area contributed by atoms with Gasteiger partial charge >= 0.3 is 0 Å². The molecule has 1 saturated heterocycles. The number of halogens is 1. The van der Waals surface area contributed by atoms with Crippen molar-refractivity contribution in [2.45, 2.75) is 25.5 Å². The van der Waals surface area contributed by atoms with E-state index in [2.05, 4.69) is 10.6 Å². The monoisotopic (exact) mass is 284 g/mol. The van der Waals surface area contributed by atoms with Crippen molar-refractivity contribution in [3.8, 4) is 0 Å². The van der Waals surface area contributed by atoms with Crippen LogP contribution in [0, 0.1) is 0 Å². The fourth-order valence-corrected chi connectivity index (χ4v) is 2.14. The second kappa shape index (κ2) is 6.92. The van der Waals surface area contributed by atoms with E-state index in [-0.39, 0.29) is 0 Å². The van der Waals surface area contributed by atoms with Crippen LogP contribution in [0.1, 0.15) is 18.4 Å². The predicted octanol–water partition coefficient (Wildman–Crippen LogP) is 2.48. The predicted molar refractivity (Wildman–Crippen MR) is 77.9 cm³/mol. The molecule has 0 unspecified atom stereocenters. The number of thiocarbonyl (C=S) groups is 1. The van der Waals surface area contributed by atoms with Crippen molar-refractivity contribution < 1.29 is 4.74 Å². The number of hydrogen-bond donors (Lipinski definition) is 2. The quantitative estimate of drug-likeness (QED) is 0.833. The summed E-state index contributed by atoms with van der Waals surface area (Å²) >= 11 is 11.0. The van der Waals surface area contributed by atoms with Gasteiger partial charge in [0.15, 0.2) is 5.11 Å². The first-order valence-electron chi connectivity index (χ1n) is 6.12. The number of hydrogen-bond acceptors (Lipinski definition) is 2. The van der Waals surface area contributed by atoms with E-state index < -0.39 is 0 Å². The molecule has 1 aliphatic rings. The van der Waals surface area contributed by atoms with Crippen LogP contribution in [0.15, 0.2) is 24.3 Å². The van der Waals surface area contributed by atoms with Crippen molar-refractivity contribution in [3.63, 3.8) is 0 Å². The molecule has 1 heterocycles.